The van der Waals surface area contributed by atoms with Crippen LogP contribution in [-0.2, 0) is 0 Å². The Morgan fingerprint density at radius 2 is 1.96 bits per heavy atom. The van der Waals surface area contributed by atoms with E-state index in [-0.39, 0.29) is 24.9 Å². The molecule has 6 nitrogen and oxygen atoms in total. The summed E-state index contributed by atoms with van der Waals surface area (Å²) >= 11 is 0. The molecule has 2 aromatic carbocycles. The van der Waals surface area contributed by atoms with Crippen molar-refractivity contribution in [3.8, 4) is 17.2 Å². The molecule has 27 heavy (non-hydrogen) atoms. The van der Waals surface area contributed by atoms with Crippen molar-refractivity contribution in [2.75, 3.05) is 19.2 Å². The first kappa shape index (κ1) is 16.3. The fourth-order valence-electron chi connectivity index (χ4n) is 4.38. The van der Waals surface area contributed by atoms with Gasteiger partial charge in [-0.15, -0.1) is 0 Å². The van der Waals surface area contributed by atoms with E-state index in [4.69, 9.17) is 14.2 Å². The van der Waals surface area contributed by atoms with Crippen molar-refractivity contribution in [2.24, 2.45) is 0 Å². The van der Waals surface area contributed by atoms with E-state index in [2.05, 4.69) is 5.32 Å². The molecule has 0 radical (unpaired) electrons. The zero-order valence-electron chi connectivity index (χ0n) is 15.2. The van der Waals surface area contributed by atoms with E-state index in [0.29, 0.717) is 17.2 Å². The molecule has 6 heteroatoms. The van der Waals surface area contributed by atoms with Crippen molar-refractivity contribution in [3.05, 3.63) is 47.5 Å². The monoisotopic (exact) mass is 366 g/mol. The molecule has 5 rings (SSSR count). The van der Waals surface area contributed by atoms with Crippen molar-refractivity contribution >= 4 is 11.6 Å². The molecule has 1 atom stereocenters. The normalized spacial score (nSPS) is 21.1. The number of para-hydroxylation sites is 1. The molecule has 1 fully saturated rings. The van der Waals surface area contributed by atoms with Gasteiger partial charge < -0.3 is 24.4 Å². The first-order valence-corrected chi connectivity index (χ1v) is 9.42. The van der Waals surface area contributed by atoms with Crippen LogP contribution in [0.2, 0.25) is 0 Å². The number of benzene rings is 2. The highest BCUT2D eigenvalue weighted by atomic mass is 16.7. The van der Waals surface area contributed by atoms with E-state index < -0.39 is 0 Å². The van der Waals surface area contributed by atoms with Crippen LogP contribution in [0, 0.1) is 0 Å². The number of methoxy groups -OCH3 is 1. The van der Waals surface area contributed by atoms with Crippen LogP contribution in [0.4, 0.5) is 5.69 Å². The Labute approximate surface area is 158 Å². The van der Waals surface area contributed by atoms with Gasteiger partial charge in [0.15, 0.2) is 11.5 Å². The highest BCUT2D eigenvalue weighted by Gasteiger charge is 2.39. The second-order valence-electron chi connectivity index (χ2n) is 7.20. The lowest BCUT2D eigenvalue weighted by Crippen LogP contribution is -2.47. The van der Waals surface area contributed by atoms with Crippen LogP contribution < -0.4 is 19.5 Å². The molecule has 2 aliphatic heterocycles. The quantitative estimate of drug-likeness (QED) is 0.892. The number of carbonyl (C=O) groups is 1. The second-order valence-corrected chi connectivity index (χ2v) is 7.20. The van der Waals surface area contributed by atoms with E-state index in [1.54, 1.807) is 7.11 Å². The summed E-state index contributed by atoms with van der Waals surface area (Å²) in [4.78, 5) is 15.4. The number of nitrogens with zero attached hydrogens (tertiary/aromatic N) is 1. The van der Waals surface area contributed by atoms with Crippen molar-refractivity contribution < 1.29 is 19.0 Å². The van der Waals surface area contributed by atoms with Crippen LogP contribution in [0.1, 0.15) is 47.8 Å². The average molecular weight is 366 g/mol. The van der Waals surface area contributed by atoms with Gasteiger partial charge in [-0.3, -0.25) is 4.79 Å². The predicted octanol–water partition coefficient (Wildman–Crippen LogP) is 3.93. The Hall–Kier alpha value is -2.89. The fourth-order valence-corrected chi connectivity index (χ4v) is 4.38. The van der Waals surface area contributed by atoms with Gasteiger partial charge >= 0.3 is 0 Å². The van der Waals surface area contributed by atoms with Gasteiger partial charge in [0.25, 0.3) is 5.91 Å². The third kappa shape index (κ3) is 2.59. The van der Waals surface area contributed by atoms with Gasteiger partial charge in [-0.05, 0) is 37.1 Å². The van der Waals surface area contributed by atoms with Crippen LogP contribution in [0.15, 0.2) is 36.4 Å². The van der Waals surface area contributed by atoms with Gasteiger partial charge in [0.2, 0.25) is 12.5 Å². The van der Waals surface area contributed by atoms with Crippen LogP contribution in [-0.4, -0.2) is 30.8 Å². The van der Waals surface area contributed by atoms with Crippen LogP contribution >= 0.6 is 0 Å². The largest absolute Gasteiger partial charge is 0.493 e. The van der Waals surface area contributed by atoms with Crippen molar-refractivity contribution in [2.45, 2.75) is 37.9 Å². The molecule has 0 aromatic heterocycles. The lowest BCUT2D eigenvalue weighted by atomic mass is 10.00. The van der Waals surface area contributed by atoms with E-state index in [0.717, 1.165) is 42.5 Å². The summed E-state index contributed by atoms with van der Waals surface area (Å²) in [6, 6.07) is 11.8. The molecule has 1 N–H and O–H groups in total. The number of carbonyl (C=O) groups excluding carboxylic acids is 1. The Morgan fingerprint density at radius 1 is 1.15 bits per heavy atom. The number of nitrogens with one attached hydrogen (secondary N) is 1. The molecule has 0 spiro atoms. The smallest absolute Gasteiger partial charge is 0.258 e. The highest BCUT2D eigenvalue weighted by Crippen LogP contribution is 2.46. The summed E-state index contributed by atoms with van der Waals surface area (Å²) in [7, 11) is 1.62. The summed E-state index contributed by atoms with van der Waals surface area (Å²) in [5.74, 6) is 1.98. The second kappa shape index (κ2) is 6.37. The highest BCUT2D eigenvalue weighted by molar-refractivity contribution is 6.02. The summed E-state index contributed by atoms with van der Waals surface area (Å²) in [6.07, 6.45) is 4.13. The maximum atomic E-state index is 13.4. The van der Waals surface area contributed by atoms with Crippen molar-refractivity contribution in [1.29, 1.82) is 0 Å². The summed E-state index contributed by atoms with van der Waals surface area (Å²) < 4.78 is 16.6. The molecule has 2 aromatic rings. The third-order valence-electron chi connectivity index (χ3n) is 5.68. The molecule has 3 aliphatic rings. The number of amides is 1. The number of hydrogen-bond acceptors (Lipinski definition) is 5. The Balaban J connectivity index is 1.62. The van der Waals surface area contributed by atoms with Crippen LogP contribution in [0.3, 0.4) is 0 Å². The molecular weight excluding hydrogens is 344 g/mol. The summed E-state index contributed by atoms with van der Waals surface area (Å²) in [5, 5.41) is 3.57. The zero-order valence-corrected chi connectivity index (χ0v) is 15.2. The van der Waals surface area contributed by atoms with Gasteiger partial charge in [-0.1, -0.05) is 25.0 Å². The van der Waals surface area contributed by atoms with Gasteiger partial charge in [-0.25, -0.2) is 0 Å². The average Bonchev–Trinajstić information content (AvgIpc) is 3.39. The molecule has 1 aliphatic carbocycles. The topological polar surface area (TPSA) is 60.0 Å². The fraction of sp³-hybridized carbons (Fsp3) is 0.381. The number of fused-ring (bicyclic) bond motifs is 2. The van der Waals surface area contributed by atoms with E-state index in [1.165, 1.54) is 0 Å². The standard InChI is InChI=1S/C21H22N2O4/c1-25-17-10-13(11-18-19(17)27-12-26-18)20-22-16-9-5-4-8-15(16)21(24)23(20)14-6-2-3-7-14/h4-5,8-11,14,20,22H,2-3,6-7,12H2,1H3/t20-/m1/s1. The zero-order chi connectivity index (χ0) is 18.4. The number of hydrogen-bond donors (Lipinski definition) is 1. The molecular formula is C21H22N2O4. The molecule has 140 valence electrons. The van der Waals surface area contributed by atoms with Gasteiger partial charge in [0.05, 0.1) is 12.7 Å². The van der Waals surface area contributed by atoms with Crippen LogP contribution in [0.25, 0.3) is 0 Å². The Bertz CT molecular complexity index is 892. The number of ether oxygens (including phenoxy) is 3. The predicted molar refractivity (Wildman–Crippen MR) is 100 cm³/mol. The SMILES string of the molecule is COc1cc([C@@H]2Nc3ccccc3C(=O)N2C2CCCC2)cc2c1OCO2. The number of anilines is 1. The minimum Gasteiger partial charge on any atom is -0.493 e. The van der Waals surface area contributed by atoms with E-state index in [9.17, 15) is 4.79 Å². The third-order valence-corrected chi connectivity index (χ3v) is 5.68. The van der Waals surface area contributed by atoms with E-state index >= 15 is 0 Å². The lowest BCUT2D eigenvalue weighted by molar-refractivity contribution is 0.0584. The van der Waals surface area contributed by atoms with Gasteiger partial charge in [0.1, 0.15) is 6.17 Å². The van der Waals surface area contributed by atoms with Gasteiger partial charge in [0, 0.05) is 17.3 Å². The maximum absolute atomic E-state index is 13.4. The van der Waals surface area contributed by atoms with Crippen molar-refractivity contribution in [1.82, 2.24) is 4.90 Å². The van der Waals surface area contributed by atoms with Gasteiger partial charge in [-0.2, -0.15) is 0 Å². The Kier molecular flexibility index (Phi) is 3.85. The molecule has 0 bridgehead atoms. The summed E-state index contributed by atoms with van der Waals surface area (Å²) in [6.45, 7) is 0.182. The minimum absolute atomic E-state index is 0.0814. The van der Waals surface area contributed by atoms with E-state index in [1.807, 2.05) is 41.3 Å². The minimum atomic E-state index is -0.265. The first-order valence-electron chi connectivity index (χ1n) is 9.42. The van der Waals surface area contributed by atoms with Crippen LogP contribution in [0.5, 0.6) is 17.2 Å². The molecule has 0 unspecified atom stereocenters. The first-order chi connectivity index (χ1) is 13.3. The molecule has 1 amide bonds. The Morgan fingerprint density at radius 3 is 2.78 bits per heavy atom. The summed E-state index contributed by atoms with van der Waals surface area (Å²) in [5.41, 5.74) is 2.53. The van der Waals surface area contributed by atoms with Crippen molar-refractivity contribution in [3.63, 3.8) is 0 Å². The number of rotatable bonds is 3. The lowest BCUT2D eigenvalue weighted by Gasteiger charge is -2.41. The maximum Gasteiger partial charge on any atom is 0.258 e. The molecule has 2 heterocycles. The molecule has 0 saturated heterocycles. The molecule has 1 saturated carbocycles.